The summed E-state index contributed by atoms with van der Waals surface area (Å²) in [7, 11) is 0. The fraction of sp³-hybridized carbons (Fsp3) is 0.545. The predicted molar refractivity (Wildman–Crippen MR) is 54.2 cm³/mol. The van der Waals surface area contributed by atoms with Gasteiger partial charge in [-0.1, -0.05) is 0 Å². The Bertz CT molecular complexity index is 374. The Balaban J connectivity index is 1.84. The highest BCUT2D eigenvalue weighted by molar-refractivity contribution is 5.92. The SMILES string of the molecule is NCC1CC2CC2N1C(=O)c1ccco1. The van der Waals surface area contributed by atoms with Crippen molar-refractivity contribution in [1.82, 2.24) is 4.90 Å². The highest BCUT2D eigenvalue weighted by Gasteiger charge is 2.53. The van der Waals surface area contributed by atoms with Gasteiger partial charge in [-0.2, -0.15) is 0 Å². The maximum Gasteiger partial charge on any atom is 0.290 e. The Morgan fingerprint density at radius 3 is 3.13 bits per heavy atom. The van der Waals surface area contributed by atoms with E-state index >= 15 is 0 Å². The molecule has 1 aliphatic heterocycles. The number of carbonyl (C=O) groups excluding carboxylic acids is 1. The lowest BCUT2D eigenvalue weighted by Crippen LogP contribution is -2.42. The quantitative estimate of drug-likeness (QED) is 0.780. The average molecular weight is 206 g/mol. The Kier molecular flexibility index (Phi) is 1.85. The molecule has 1 aromatic rings. The van der Waals surface area contributed by atoms with Crippen LogP contribution in [0.1, 0.15) is 23.4 Å². The first-order chi connectivity index (χ1) is 7.31. The van der Waals surface area contributed by atoms with Crippen LogP contribution < -0.4 is 5.73 Å². The number of likely N-dealkylation sites (tertiary alicyclic amines) is 1. The Morgan fingerprint density at radius 2 is 2.47 bits per heavy atom. The van der Waals surface area contributed by atoms with E-state index in [0.717, 1.165) is 12.8 Å². The van der Waals surface area contributed by atoms with Gasteiger partial charge in [-0.05, 0) is 30.9 Å². The number of piperidine rings is 1. The minimum Gasteiger partial charge on any atom is -0.459 e. The first-order valence-corrected chi connectivity index (χ1v) is 5.37. The highest BCUT2D eigenvalue weighted by atomic mass is 16.3. The summed E-state index contributed by atoms with van der Waals surface area (Å²) in [6.45, 7) is 0.555. The molecule has 1 aliphatic carbocycles. The minimum atomic E-state index is 0.000417. The molecule has 0 radical (unpaired) electrons. The summed E-state index contributed by atoms with van der Waals surface area (Å²) in [5.74, 6) is 1.12. The molecule has 1 saturated carbocycles. The van der Waals surface area contributed by atoms with Crippen molar-refractivity contribution in [2.45, 2.75) is 24.9 Å². The number of amides is 1. The molecular weight excluding hydrogens is 192 g/mol. The van der Waals surface area contributed by atoms with Gasteiger partial charge in [0.05, 0.1) is 6.26 Å². The molecule has 4 heteroatoms. The van der Waals surface area contributed by atoms with E-state index in [1.807, 2.05) is 4.90 Å². The van der Waals surface area contributed by atoms with Crippen LogP contribution in [0, 0.1) is 5.92 Å². The molecule has 0 aromatic carbocycles. The van der Waals surface area contributed by atoms with Gasteiger partial charge < -0.3 is 15.1 Å². The third-order valence-corrected chi connectivity index (χ3v) is 3.45. The molecule has 0 spiro atoms. The smallest absolute Gasteiger partial charge is 0.290 e. The maximum atomic E-state index is 12.1. The summed E-state index contributed by atoms with van der Waals surface area (Å²) < 4.78 is 5.14. The van der Waals surface area contributed by atoms with Crippen molar-refractivity contribution in [3.63, 3.8) is 0 Å². The molecule has 1 aromatic heterocycles. The fourth-order valence-electron chi connectivity index (χ4n) is 2.61. The van der Waals surface area contributed by atoms with Gasteiger partial charge in [0.1, 0.15) is 0 Å². The molecular formula is C11H14N2O2. The van der Waals surface area contributed by atoms with E-state index in [0.29, 0.717) is 24.3 Å². The van der Waals surface area contributed by atoms with Crippen molar-refractivity contribution in [1.29, 1.82) is 0 Å². The first-order valence-electron chi connectivity index (χ1n) is 5.37. The van der Waals surface area contributed by atoms with Crippen LogP contribution >= 0.6 is 0 Å². The van der Waals surface area contributed by atoms with Gasteiger partial charge in [0, 0.05) is 18.6 Å². The van der Waals surface area contributed by atoms with E-state index in [1.165, 1.54) is 6.26 Å². The molecule has 2 fully saturated rings. The molecule has 4 nitrogen and oxygen atoms in total. The summed E-state index contributed by atoms with van der Waals surface area (Å²) in [5, 5.41) is 0. The zero-order chi connectivity index (χ0) is 10.4. The normalized spacial score (nSPS) is 32.9. The summed E-state index contributed by atoms with van der Waals surface area (Å²) in [4.78, 5) is 14.0. The Hall–Kier alpha value is -1.29. The number of hydrogen-bond donors (Lipinski definition) is 1. The molecule has 15 heavy (non-hydrogen) atoms. The summed E-state index contributed by atoms with van der Waals surface area (Å²) in [6, 6.07) is 4.10. The van der Waals surface area contributed by atoms with E-state index < -0.39 is 0 Å². The van der Waals surface area contributed by atoms with Crippen LogP contribution in [0.4, 0.5) is 0 Å². The number of nitrogens with two attached hydrogens (primary N) is 1. The maximum absolute atomic E-state index is 12.1. The topological polar surface area (TPSA) is 59.5 Å². The van der Waals surface area contributed by atoms with Crippen molar-refractivity contribution >= 4 is 5.91 Å². The van der Waals surface area contributed by atoms with E-state index in [2.05, 4.69) is 0 Å². The Labute approximate surface area is 88.0 Å². The van der Waals surface area contributed by atoms with Crippen LogP contribution in [-0.2, 0) is 0 Å². The number of nitrogens with zero attached hydrogens (tertiary/aromatic N) is 1. The molecule has 80 valence electrons. The van der Waals surface area contributed by atoms with Gasteiger partial charge in [-0.15, -0.1) is 0 Å². The predicted octanol–water partition coefficient (Wildman–Crippen LogP) is 0.841. The number of hydrogen-bond acceptors (Lipinski definition) is 3. The van der Waals surface area contributed by atoms with Gasteiger partial charge in [0.2, 0.25) is 0 Å². The number of furan rings is 1. The third kappa shape index (κ3) is 1.28. The fourth-order valence-corrected chi connectivity index (χ4v) is 2.61. The van der Waals surface area contributed by atoms with Gasteiger partial charge in [-0.25, -0.2) is 0 Å². The van der Waals surface area contributed by atoms with Crippen LogP contribution in [0.3, 0.4) is 0 Å². The first kappa shape index (κ1) is 8.97. The van der Waals surface area contributed by atoms with Gasteiger partial charge in [0.25, 0.3) is 5.91 Å². The Morgan fingerprint density at radius 1 is 1.60 bits per heavy atom. The van der Waals surface area contributed by atoms with Crippen LogP contribution in [0.2, 0.25) is 0 Å². The van der Waals surface area contributed by atoms with Gasteiger partial charge in [0.15, 0.2) is 5.76 Å². The molecule has 2 N–H and O–H groups in total. The summed E-state index contributed by atoms with van der Waals surface area (Å²) in [6.07, 6.45) is 3.74. The lowest BCUT2D eigenvalue weighted by molar-refractivity contribution is 0.0673. The lowest BCUT2D eigenvalue weighted by Gasteiger charge is -2.25. The highest BCUT2D eigenvalue weighted by Crippen LogP contribution is 2.48. The van der Waals surface area contributed by atoms with Crippen LogP contribution in [-0.4, -0.2) is 29.4 Å². The van der Waals surface area contributed by atoms with E-state index in [-0.39, 0.29) is 11.9 Å². The molecule has 3 rings (SSSR count). The van der Waals surface area contributed by atoms with Crippen LogP contribution in [0.5, 0.6) is 0 Å². The molecule has 3 atom stereocenters. The van der Waals surface area contributed by atoms with E-state index in [4.69, 9.17) is 10.2 Å². The van der Waals surface area contributed by atoms with Gasteiger partial charge in [-0.3, -0.25) is 4.79 Å². The van der Waals surface area contributed by atoms with Crippen molar-refractivity contribution in [3.8, 4) is 0 Å². The molecule has 3 unspecified atom stereocenters. The molecule has 1 amide bonds. The minimum absolute atomic E-state index is 0.000417. The van der Waals surface area contributed by atoms with E-state index in [9.17, 15) is 4.79 Å². The lowest BCUT2D eigenvalue weighted by atomic mass is 10.1. The van der Waals surface area contributed by atoms with E-state index in [1.54, 1.807) is 12.1 Å². The van der Waals surface area contributed by atoms with Crippen molar-refractivity contribution in [3.05, 3.63) is 24.2 Å². The molecule has 0 bridgehead atoms. The summed E-state index contributed by atoms with van der Waals surface area (Å²) >= 11 is 0. The molecule has 1 saturated heterocycles. The van der Waals surface area contributed by atoms with Crippen LogP contribution in [0.25, 0.3) is 0 Å². The second-order valence-electron chi connectivity index (χ2n) is 4.38. The number of rotatable bonds is 2. The largest absolute Gasteiger partial charge is 0.459 e. The van der Waals surface area contributed by atoms with Gasteiger partial charge >= 0.3 is 0 Å². The zero-order valence-corrected chi connectivity index (χ0v) is 8.43. The monoisotopic (exact) mass is 206 g/mol. The third-order valence-electron chi connectivity index (χ3n) is 3.45. The molecule has 2 heterocycles. The zero-order valence-electron chi connectivity index (χ0n) is 8.43. The number of carbonyl (C=O) groups is 1. The van der Waals surface area contributed by atoms with Crippen molar-refractivity contribution in [2.24, 2.45) is 11.7 Å². The second kappa shape index (κ2) is 3.10. The second-order valence-corrected chi connectivity index (χ2v) is 4.38. The summed E-state index contributed by atoms with van der Waals surface area (Å²) in [5.41, 5.74) is 5.67. The average Bonchev–Trinajstić information content (AvgIpc) is 2.73. The molecule has 2 aliphatic rings. The standard InChI is InChI=1S/C11H14N2O2/c12-6-8-4-7-5-9(7)13(8)11(14)10-2-1-3-15-10/h1-3,7-9H,4-6,12H2. The van der Waals surface area contributed by atoms with Crippen LogP contribution in [0.15, 0.2) is 22.8 Å². The van der Waals surface area contributed by atoms with Crippen molar-refractivity contribution < 1.29 is 9.21 Å². The number of fused-ring (bicyclic) bond motifs is 1. The van der Waals surface area contributed by atoms with Crippen molar-refractivity contribution in [2.75, 3.05) is 6.54 Å².